The highest BCUT2D eigenvalue weighted by molar-refractivity contribution is 7.09. The van der Waals surface area contributed by atoms with Crippen LogP contribution in [0.25, 0.3) is 0 Å². The smallest absolute Gasteiger partial charge is 0.254 e. The molecule has 1 aliphatic rings. The predicted molar refractivity (Wildman–Crippen MR) is 103 cm³/mol. The Hall–Kier alpha value is -1.80. The lowest BCUT2D eigenvalue weighted by molar-refractivity contribution is 0.00270. The number of aliphatic hydroxyl groups is 1. The molecule has 5 nitrogen and oxygen atoms in total. The molecule has 27 heavy (non-hydrogen) atoms. The highest BCUT2D eigenvalue weighted by Crippen LogP contribution is 2.14. The van der Waals surface area contributed by atoms with Crippen LogP contribution in [-0.4, -0.2) is 66.2 Å². The average Bonchev–Trinajstić information content (AvgIpc) is 3.17. The molecule has 0 saturated carbocycles. The number of carbonyl (C=O) groups excluding carboxylic acids is 1. The Kier molecular flexibility index (Phi) is 6.95. The monoisotopic (exact) mass is 392 g/mol. The molecule has 1 N–H and O–H groups in total. The van der Waals surface area contributed by atoms with Gasteiger partial charge in [-0.25, -0.2) is 4.39 Å². The summed E-state index contributed by atoms with van der Waals surface area (Å²) in [5, 5.41) is 12.2. The number of benzene rings is 1. The third-order valence-electron chi connectivity index (χ3n) is 4.68. The first kappa shape index (κ1) is 19.9. The van der Waals surface area contributed by atoms with E-state index < -0.39 is 6.10 Å². The summed E-state index contributed by atoms with van der Waals surface area (Å²) in [5.74, 6) is -0.501. The maximum absolute atomic E-state index is 13.7. The lowest BCUT2D eigenvalue weighted by atomic mass is 10.1. The lowest BCUT2D eigenvalue weighted by Crippen LogP contribution is -2.50. The Labute approximate surface area is 163 Å². The summed E-state index contributed by atoms with van der Waals surface area (Å²) < 4.78 is 19.2. The van der Waals surface area contributed by atoms with Crippen LogP contribution < -0.4 is 0 Å². The van der Waals surface area contributed by atoms with Crippen molar-refractivity contribution in [1.29, 1.82) is 0 Å². The van der Waals surface area contributed by atoms with Gasteiger partial charge in [-0.3, -0.25) is 9.69 Å². The van der Waals surface area contributed by atoms with Gasteiger partial charge in [-0.15, -0.1) is 11.3 Å². The van der Waals surface area contributed by atoms with E-state index in [1.165, 1.54) is 6.07 Å². The molecule has 1 amide bonds. The number of carbonyl (C=O) groups is 1. The SMILES string of the molecule is Cc1ccc(C(=O)N2CCN(CC(O)COCc3cccs3)CC2)cc1F. The molecule has 1 atom stereocenters. The normalized spacial score (nSPS) is 16.5. The van der Waals surface area contributed by atoms with Crippen LogP contribution in [0, 0.1) is 12.7 Å². The van der Waals surface area contributed by atoms with Gasteiger partial charge in [-0.2, -0.15) is 0 Å². The molecule has 0 bridgehead atoms. The number of β-amino-alcohol motifs (C(OH)–C–C–N with tert-alkyl or cyclic N) is 1. The van der Waals surface area contributed by atoms with Gasteiger partial charge in [0, 0.05) is 43.2 Å². The Morgan fingerprint density at radius 1 is 1.30 bits per heavy atom. The second-order valence-electron chi connectivity index (χ2n) is 6.81. The molecule has 1 aromatic heterocycles. The number of ether oxygens (including phenoxy) is 1. The minimum Gasteiger partial charge on any atom is -0.389 e. The standard InChI is InChI=1S/C20H25FN2O3S/c1-15-4-5-16(11-19(15)21)20(25)23-8-6-22(7-9-23)12-17(24)13-26-14-18-3-2-10-27-18/h2-5,10-11,17,24H,6-9,12-14H2,1H3. The van der Waals surface area contributed by atoms with E-state index in [4.69, 9.17) is 4.74 Å². The van der Waals surface area contributed by atoms with Crippen molar-refractivity contribution >= 4 is 17.2 Å². The second-order valence-corrected chi connectivity index (χ2v) is 7.84. The summed E-state index contributed by atoms with van der Waals surface area (Å²) >= 11 is 1.63. The number of halogens is 1. The van der Waals surface area contributed by atoms with Gasteiger partial charge in [0.2, 0.25) is 0 Å². The zero-order valence-corrected chi connectivity index (χ0v) is 16.3. The van der Waals surface area contributed by atoms with E-state index in [0.717, 1.165) is 4.88 Å². The summed E-state index contributed by atoms with van der Waals surface area (Å²) in [7, 11) is 0. The molecule has 2 heterocycles. The Morgan fingerprint density at radius 3 is 2.74 bits per heavy atom. The molecule has 3 rings (SSSR count). The van der Waals surface area contributed by atoms with Gasteiger partial charge in [0.05, 0.1) is 19.3 Å². The van der Waals surface area contributed by atoms with Gasteiger partial charge in [0.1, 0.15) is 5.82 Å². The van der Waals surface area contributed by atoms with Gasteiger partial charge < -0.3 is 14.7 Å². The number of rotatable bonds is 7. The summed E-state index contributed by atoms with van der Waals surface area (Å²) in [4.78, 5) is 17.5. The summed E-state index contributed by atoms with van der Waals surface area (Å²) in [5.41, 5.74) is 0.917. The molecule has 1 aromatic carbocycles. The highest BCUT2D eigenvalue weighted by Gasteiger charge is 2.23. The van der Waals surface area contributed by atoms with Crippen molar-refractivity contribution in [2.75, 3.05) is 39.3 Å². The van der Waals surface area contributed by atoms with Crippen LogP contribution in [-0.2, 0) is 11.3 Å². The predicted octanol–water partition coefficient (Wildman–Crippen LogP) is 2.53. The van der Waals surface area contributed by atoms with Crippen LogP contribution >= 0.6 is 11.3 Å². The first-order chi connectivity index (χ1) is 13.0. The van der Waals surface area contributed by atoms with E-state index in [-0.39, 0.29) is 11.7 Å². The van der Waals surface area contributed by atoms with Gasteiger partial charge in [0.25, 0.3) is 5.91 Å². The summed E-state index contributed by atoms with van der Waals surface area (Å²) in [6.45, 7) is 5.51. The fourth-order valence-corrected chi connectivity index (χ4v) is 3.72. The number of amides is 1. The van der Waals surface area contributed by atoms with E-state index in [1.54, 1.807) is 35.3 Å². The molecule has 7 heteroatoms. The van der Waals surface area contributed by atoms with Crippen LogP contribution in [0.15, 0.2) is 35.7 Å². The van der Waals surface area contributed by atoms with Crippen molar-refractivity contribution in [3.63, 3.8) is 0 Å². The average molecular weight is 392 g/mol. The van der Waals surface area contributed by atoms with Crippen molar-refractivity contribution in [1.82, 2.24) is 9.80 Å². The first-order valence-electron chi connectivity index (χ1n) is 9.09. The van der Waals surface area contributed by atoms with Crippen LogP contribution in [0.5, 0.6) is 0 Å². The van der Waals surface area contributed by atoms with Crippen molar-refractivity contribution in [2.45, 2.75) is 19.6 Å². The largest absolute Gasteiger partial charge is 0.389 e. The van der Waals surface area contributed by atoms with Crippen LogP contribution in [0.1, 0.15) is 20.8 Å². The van der Waals surface area contributed by atoms with Gasteiger partial charge >= 0.3 is 0 Å². The minimum absolute atomic E-state index is 0.145. The van der Waals surface area contributed by atoms with Crippen LogP contribution in [0.2, 0.25) is 0 Å². The summed E-state index contributed by atoms with van der Waals surface area (Å²) in [6, 6.07) is 8.59. The molecule has 0 spiro atoms. The number of thiophene rings is 1. The highest BCUT2D eigenvalue weighted by atomic mass is 32.1. The van der Waals surface area contributed by atoms with E-state index in [2.05, 4.69) is 4.90 Å². The molecule has 0 aliphatic carbocycles. The quantitative estimate of drug-likeness (QED) is 0.787. The molecule has 1 unspecified atom stereocenters. The molecule has 2 aromatic rings. The molecule has 1 aliphatic heterocycles. The zero-order chi connectivity index (χ0) is 19.2. The number of hydrogen-bond acceptors (Lipinski definition) is 5. The number of aliphatic hydroxyl groups excluding tert-OH is 1. The Balaban J connectivity index is 1.40. The minimum atomic E-state index is -0.557. The Bertz CT molecular complexity index is 746. The molecular formula is C20H25FN2O3S. The number of hydrogen-bond donors (Lipinski definition) is 1. The summed E-state index contributed by atoms with van der Waals surface area (Å²) in [6.07, 6.45) is -0.557. The van der Waals surface area contributed by atoms with Gasteiger partial charge in [-0.1, -0.05) is 12.1 Å². The van der Waals surface area contributed by atoms with E-state index in [0.29, 0.717) is 57.1 Å². The number of piperazine rings is 1. The molecule has 1 fully saturated rings. The topological polar surface area (TPSA) is 53.0 Å². The van der Waals surface area contributed by atoms with E-state index >= 15 is 0 Å². The van der Waals surface area contributed by atoms with Crippen molar-refractivity contribution < 1.29 is 19.0 Å². The zero-order valence-electron chi connectivity index (χ0n) is 15.4. The maximum atomic E-state index is 13.7. The van der Waals surface area contributed by atoms with Crippen molar-refractivity contribution in [3.8, 4) is 0 Å². The lowest BCUT2D eigenvalue weighted by Gasteiger charge is -2.35. The van der Waals surface area contributed by atoms with Crippen LogP contribution in [0.4, 0.5) is 4.39 Å². The molecule has 0 radical (unpaired) electrons. The fourth-order valence-electron chi connectivity index (χ4n) is 3.08. The number of aryl methyl sites for hydroxylation is 1. The molecular weight excluding hydrogens is 367 g/mol. The third kappa shape index (κ3) is 5.59. The van der Waals surface area contributed by atoms with Crippen molar-refractivity contribution in [3.05, 3.63) is 57.5 Å². The fraction of sp³-hybridized carbons (Fsp3) is 0.450. The van der Waals surface area contributed by atoms with Gasteiger partial charge in [0.15, 0.2) is 0 Å². The molecule has 146 valence electrons. The van der Waals surface area contributed by atoms with Crippen molar-refractivity contribution in [2.24, 2.45) is 0 Å². The van der Waals surface area contributed by atoms with Crippen LogP contribution in [0.3, 0.4) is 0 Å². The van der Waals surface area contributed by atoms with E-state index in [1.807, 2.05) is 17.5 Å². The van der Waals surface area contributed by atoms with E-state index in [9.17, 15) is 14.3 Å². The third-order valence-corrected chi connectivity index (χ3v) is 5.53. The molecule has 1 saturated heterocycles. The first-order valence-corrected chi connectivity index (χ1v) is 9.97. The number of nitrogens with zero attached hydrogens (tertiary/aromatic N) is 2. The van der Waals surface area contributed by atoms with Gasteiger partial charge in [-0.05, 0) is 36.1 Å². The Morgan fingerprint density at radius 2 is 2.07 bits per heavy atom. The second kappa shape index (κ2) is 9.41. The maximum Gasteiger partial charge on any atom is 0.254 e.